The standard InChI is InChI=1S/C16H12Br2S/c1-10-6-7-11(8-14(10)17)16(18)13-9-19-15-5-3-2-4-12(13)15/h2-9,16H,1H3. The molecule has 1 atom stereocenters. The lowest BCUT2D eigenvalue weighted by Crippen LogP contribution is -1.92. The number of hydrogen-bond donors (Lipinski definition) is 0. The third kappa shape index (κ3) is 2.51. The van der Waals surface area contributed by atoms with E-state index in [1.54, 1.807) is 11.3 Å². The quantitative estimate of drug-likeness (QED) is 0.437. The summed E-state index contributed by atoms with van der Waals surface area (Å²) in [7, 11) is 0. The van der Waals surface area contributed by atoms with Gasteiger partial charge in [0.25, 0.3) is 0 Å². The first-order chi connectivity index (χ1) is 9.16. The van der Waals surface area contributed by atoms with E-state index in [2.05, 4.69) is 86.6 Å². The summed E-state index contributed by atoms with van der Waals surface area (Å²) < 4.78 is 2.50. The van der Waals surface area contributed by atoms with Gasteiger partial charge < -0.3 is 0 Å². The molecule has 0 bridgehead atoms. The van der Waals surface area contributed by atoms with E-state index in [9.17, 15) is 0 Å². The van der Waals surface area contributed by atoms with E-state index in [-0.39, 0.29) is 4.83 Å². The van der Waals surface area contributed by atoms with Crippen LogP contribution >= 0.6 is 43.2 Å². The molecule has 0 aliphatic rings. The molecule has 0 N–H and O–H groups in total. The molecule has 0 aliphatic carbocycles. The Hall–Kier alpha value is -0.640. The summed E-state index contributed by atoms with van der Waals surface area (Å²) in [6, 6.07) is 15.1. The summed E-state index contributed by atoms with van der Waals surface area (Å²) in [6.45, 7) is 2.11. The molecule has 0 saturated carbocycles. The van der Waals surface area contributed by atoms with Crippen LogP contribution in [0.25, 0.3) is 10.1 Å². The van der Waals surface area contributed by atoms with Crippen LogP contribution in [0.4, 0.5) is 0 Å². The monoisotopic (exact) mass is 394 g/mol. The number of fused-ring (bicyclic) bond motifs is 1. The fourth-order valence-corrected chi connectivity index (χ4v) is 4.36. The third-order valence-electron chi connectivity index (χ3n) is 3.27. The Morgan fingerprint density at radius 1 is 1.11 bits per heavy atom. The fourth-order valence-electron chi connectivity index (χ4n) is 2.14. The van der Waals surface area contributed by atoms with Crippen molar-refractivity contribution in [3.63, 3.8) is 0 Å². The minimum absolute atomic E-state index is 0.237. The van der Waals surface area contributed by atoms with E-state index >= 15 is 0 Å². The second-order valence-electron chi connectivity index (χ2n) is 4.56. The van der Waals surface area contributed by atoms with E-state index in [1.807, 2.05) is 0 Å². The predicted molar refractivity (Wildman–Crippen MR) is 91.5 cm³/mol. The lowest BCUT2D eigenvalue weighted by Gasteiger charge is -2.11. The summed E-state index contributed by atoms with van der Waals surface area (Å²) >= 11 is 9.25. The first-order valence-electron chi connectivity index (χ1n) is 6.03. The van der Waals surface area contributed by atoms with Gasteiger partial charge in [-0.15, -0.1) is 11.3 Å². The van der Waals surface area contributed by atoms with E-state index in [0.29, 0.717) is 0 Å². The maximum Gasteiger partial charge on any atom is 0.0659 e. The van der Waals surface area contributed by atoms with Crippen molar-refractivity contribution in [1.29, 1.82) is 0 Å². The van der Waals surface area contributed by atoms with Crippen molar-refractivity contribution in [2.75, 3.05) is 0 Å². The van der Waals surface area contributed by atoms with Crippen molar-refractivity contribution in [2.45, 2.75) is 11.8 Å². The van der Waals surface area contributed by atoms with Gasteiger partial charge in [0.05, 0.1) is 4.83 Å². The summed E-state index contributed by atoms with van der Waals surface area (Å²) in [5, 5.41) is 3.59. The van der Waals surface area contributed by atoms with Crippen molar-refractivity contribution in [1.82, 2.24) is 0 Å². The molecule has 0 amide bonds. The van der Waals surface area contributed by atoms with Crippen LogP contribution in [0.15, 0.2) is 52.3 Å². The first kappa shape index (κ1) is 13.3. The smallest absolute Gasteiger partial charge is 0.0659 e. The molecule has 1 unspecified atom stereocenters. The molecule has 0 fully saturated rings. The minimum Gasteiger partial charge on any atom is -0.143 e. The Labute approximate surface area is 133 Å². The lowest BCUT2D eigenvalue weighted by atomic mass is 10.0. The summed E-state index contributed by atoms with van der Waals surface area (Å²) in [5.74, 6) is 0. The maximum atomic E-state index is 3.84. The number of hydrogen-bond acceptors (Lipinski definition) is 1. The van der Waals surface area contributed by atoms with Crippen molar-refractivity contribution in [2.24, 2.45) is 0 Å². The second-order valence-corrected chi connectivity index (χ2v) is 7.24. The Kier molecular flexibility index (Phi) is 3.79. The zero-order chi connectivity index (χ0) is 13.4. The normalized spacial score (nSPS) is 12.8. The number of aryl methyl sites for hydroxylation is 1. The first-order valence-corrected chi connectivity index (χ1v) is 8.62. The highest BCUT2D eigenvalue weighted by Crippen LogP contribution is 2.39. The zero-order valence-electron chi connectivity index (χ0n) is 10.4. The molecule has 3 heteroatoms. The molecule has 96 valence electrons. The molecule has 0 spiro atoms. The highest BCUT2D eigenvalue weighted by atomic mass is 79.9. The van der Waals surface area contributed by atoms with Crippen molar-refractivity contribution in [3.8, 4) is 0 Å². The van der Waals surface area contributed by atoms with Gasteiger partial charge in [0.2, 0.25) is 0 Å². The van der Waals surface area contributed by atoms with Gasteiger partial charge in [-0.1, -0.05) is 62.2 Å². The van der Waals surface area contributed by atoms with Gasteiger partial charge in [-0.2, -0.15) is 0 Å². The molecule has 1 aromatic heterocycles. The summed E-state index contributed by atoms with van der Waals surface area (Å²) in [4.78, 5) is 0.237. The molecule has 3 aromatic rings. The highest BCUT2D eigenvalue weighted by Gasteiger charge is 2.15. The molecular formula is C16H12Br2S. The topological polar surface area (TPSA) is 0 Å². The van der Waals surface area contributed by atoms with Gasteiger partial charge in [-0.05, 0) is 46.5 Å². The highest BCUT2D eigenvalue weighted by molar-refractivity contribution is 9.10. The van der Waals surface area contributed by atoms with Crippen LogP contribution in [0.2, 0.25) is 0 Å². The van der Waals surface area contributed by atoms with E-state index in [0.717, 1.165) is 4.47 Å². The van der Waals surface area contributed by atoms with Gasteiger partial charge >= 0.3 is 0 Å². The molecule has 19 heavy (non-hydrogen) atoms. The minimum atomic E-state index is 0.237. The number of benzene rings is 2. The second kappa shape index (κ2) is 5.39. The zero-order valence-corrected chi connectivity index (χ0v) is 14.3. The molecule has 0 saturated heterocycles. The Morgan fingerprint density at radius 2 is 1.89 bits per heavy atom. The van der Waals surface area contributed by atoms with E-state index in [4.69, 9.17) is 0 Å². The fraction of sp³-hybridized carbons (Fsp3) is 0.125. The van der Waals surface area contributed by atoms with Gasteiger partial charge in [-0.25, -0.2) is 0 Å². The molecule has 0 radical (unpaired) electrons. The summed E-state index contributed by atoms with van der Waals surface area (Å²) in [5.41, 5.74) is 3.89. The molecule has 1 heterocycles. The lowest BCUT2D eigenvalue weighted by molar-refractivity contribution is 1.19. The predicted octanol–water partition coefficient (Wildman–Crippen LogP) is 6.46. The number of alkyl halides is 1. The molecule has 0 nitrogen and oxygen atoms in total. The number of rotatable bonds is 2. The summed E-state index contributed by atoms with van der Waals surface area (Å²) in [6.07, 6.45) is 0. The third-order valence-corrected chi connectivity index (χ3v) is 6.13. The van der Waals surface area contributed by atoms with Crippen LogP contribution < -0.4 is 0 Å². The molecular weight excluding hydrogens is 384 g/mol. The Bertz CT molecular complexity index is 730. The average Bonchev–Trinajstić information content (AvgIpc) is 2.85. The Morgan fingerprint density at radius 3 is 2.68 bits per heavy atom. The molecule has 3 rings (SSSR count). The van der Waals surface area contributed by atoms with Crippen LogP contribution in [0.1, 0.15) is 21.5 Å². The average molecular weight is 396 g/mol. The number of thiophene rings is 1. The van der Waals surface area contributed by atoms with Gasteiger partial charge in [0.15, 0.2) is 0 Å². The number of halogens is 2. The largest absolute Gasteiger partial charge is 0.143 e. The Balaban J connectivity index is 2.08. The molecule has 2 aromatic carbocycles. The molecule has 0 aliphatic heterocycles. The SMILES string of the molecule is Cc1ccc(C(Br)c2csc3ccccc23)cc1Br. The van der Waals surface area contributed by atoms with Crippen LogP contribution in [-0.4, -0.2) is 0 Å². The van der Waals surface area contributed by atoms with Gasteiger partial charge in [-0.3, -0.25) is 0 Å². The van der Waals surface area contributed by atoms with Crippen LogP contribution in [0.3, 0.4) is 0 Å². The van der Waals surface area contributed by atoms with E-state index < -0.39 is 0 Å². The van der Waals surface area contributed by atoms with Crippen LogP contribution in [0, 0.1) is 6.92 Å². The van der Waals surface area contributed by atoms with Crippen LogP contribution in [-0.2, 0) is 0 Å². The van der Waals surface area contributed by atoms with E-state index in [1.165, 1.54) is 26.8 Å². The van der Waals surface area contributed by atoms with Gasteiger partial charge in [0, 0.05) is 9.17 Å². The maximum absolute atomic E-state index is 3.84. The van der Waals surface area contributed by atoms with Crippen molar-refractivity contribution >= 4 is 53.3 Å². The van der Waals surface area contributed by atoms with Crippen molar-refractivity contribution in [3.05, 3.63) is 69.0 Å². The van der Waals surface area contributed by atoms with Gasteiger partial charge in [0.1, 0.15) is 0 Å². The van der Waals surface area contributed by atoms with Crippen LogP contribution in [0.5, 0.6) is 0 Å². The van der Waals surface area contributed by atoms with Crippen molar-refractivity contribution < 1.29 is 0 Å².